The van der Waals surface area contributed by atoms with Crippen LogP contribution in [0, 0.1) is 0 Å². The fourth-order valence-corrected chi connectivity index (χ4v) is 6.41. The summed E-state index contributed by atoms with van der Waals surface area (Å²) in [5.41, 5.74) is 2.25. The molecule has 0 fully saturated rings. The zero-order chi connectivity index (χ0) is 27.0. The molecule has 4 rings (SSSR count). The molecule has 0 radical (unpaired) electrons. The summed E-state index contributed by atoms with van der Waals surface area (Å²) < 4.78 is 5.83. The molecule has 0 saturated carbocycles. The highest BCUT2D eigenvalue weighted by Gasteiger charge is 2.37. The predicted molar refractivity (Wildman–Crippen MR) is 150 cm³/mol. The van der Waals surface area contributed by atoms with Gasteiger partial charge in [-0.3, -0.25) is 9.78 Å². The van der Waals surface area contributed by atoms with Gasteiger partial charge in [-0.1, -0.05) is 25.4 Å². The van der Waals surface area contributed by atoms with Crippen molar-refractivity contribution in [2.75, 3.05) is 18.1 Å². The van der Waals surface area contributed by atoms with E-state index in [1.54, 1.807) is 17.2 Å². The summed E-state index contributed by atoms with van der Waals surface area (Å²) in [6.07, 6.45) is 3.75. The van der Waals surface area contributed by atoms with E-state index >= 15 is 0 Å². The standard InChI is InChI=1S/C27H31ClN2O5SSi/c1-27(2,37(3,4)34)11-6-13-30(20-9-8-18(26(32)33)15-19(20)28)25(31)22-16-17-10-14-35-21-7-5-12-29-23(21)24(17)36-22/h5,7-9,12,15-16,34H,6,10-11,13-14H2,1-4H3,(H,32,33). The third-order valence-electron chi connectivity index (χ3n) is 7.20. The first-order valence-electron chi connectivity index (χ1n) is 12.2. The second-order valence-corrected chi connectivity index (χ2v) is 16.3. The normalized spacial score (nSPS) is 13.2. The first-order valence-corrected chi connectivity index (χ1v) is 16.3. The monoisotopic (exact) mass is 558 g/mol. The third-order valence-corrected chi connectivity index (χ3v) is 12.2. The summed E-state index contributed by atoms with van der Waals surface area (Å²) in [4.78, 5) is 43.7. The number of carbonyl (C=O) groups excluding carboxylic acids is 1. The van der Waals surface area contributed by atoms with Crippen LogP contribution in [0.1, 0.15) is 52.3 Å². The smallest absolute Gasteiger partial charge is 0.335 e. The lowest BCUT2D eigenvalue weighted by Crippen LogP contribution is -2.40. The first kappa shape index (κ1) is 27.3. The second-order valence-electron chi connectivity index (χ2n) is 10.4. The molecule has 1 aliphatic rings. The van der Waals surface area contributed by atoms with Gasteiger partial charge in [0.1, 0.15) is 11.4 Å². The highest BCUT2D eigenvalue weighted by atomic mass is 35.5. The quantitative estimate of drug-likeness (QED) is 0.306. The number of aromatic nitrogens is 1. The summed E-state index contributed by atoms with van der Waals surface area (Å²) in [6.45, 7) is 8.83. The molecule has 0 atom stereocenters. The maximum atomic E-state index is 14.0. The number of carbonyl (C=O) groups is 2. The maximum Gasteiger partial charge on any atom is 0.335 e. The van der Waals surface area contributed by atoms with Gasteiger partial charge in [0.15, 0.2) is 8.32 Å². The van der Waals surface area contributed by atoms with Crippen LogP contribution in [-0.2, 0) is 6.42 Å². The van der Waals surface area contributed by atoms with Gasteiger partial charge in [-0.05, 0) is 72.9 Å². The number of thiophene rings is 1. The van der Waals surface area contributed by atoms with Crippen LogP contribution < -0.4 is 9.64 Å². The van der Waals surface area contributed by atoms with Crippen molar-refractivity contribution in [1.29, 1.82) is 0 Å². The van der Waals surface area contributed by atoms with Gasteiger partial charge in [-0.15, -0.1) is 11.3 Å². The molecule has 1 aliphatic heterocycles. The minimum atomic E-state index is -2.42. The van der Waals surface area contributed by atoms with Crippen molar-refractivity contribution in [2.45, 2.75) is 51.2 Å². The highest BCUT2D eigenvalue weighted by Crippen LogP contribution is 2.42. The minimum Gasteiger partial charge on any atom is -0.491 e. The fraction of sp³-hybridized carbons (Fsp3) is 0.370. The molecule has 3 heterocycles. The summed E-state index contributed by atoms with van der Waals surface area (Å²) >= 11 is 7.89. The van der Waals surface area contributed by atoms with Crippen LogP contribution in [0.2, 0.25) is 23.2 Å². The van der Waals surface area contributed by atoms with Gasteiger partial charge < -0.3 is 19.5 Å². The summed E-state index contributed by atoms with van der Waals surface area (Å²) in [5, 5.41) is 9.31. The first-order chi connectivity index (χ1) is 17.4. The zero-order valence-corrected chi connectivity index (χ0v) is 23.9. The third kappa shape index (κ3) is 5.74. The predicted octanol–water partition coefficient (Wildman–Crippen LogP) is 6.50. The molecule has 0 bridgehead atoms. The van der Waals surface area contributed by atoms with E-state index in [4.69, 9.17) is 16.3 Å². The molecular weight excluding hydrogens is 528 g/mol. The lowest BCUT2D eigenvalue weighted by molar-refractivity contribution is 0.0696. The Hall–Kier alpha value is -2.72. The number of fused-ring (bicyclic) bond motifs is 3. The van der Waals surface area contributed by atoms with Gasteiger partial charge in [0, 0.05) is 19.2 Å². The number of carboxylic acid groups (broad SMARTS) is 1. The molecule has 0 aliphatic carbocycles. The molecule has 0 saturated heterocycles. The maximum absolute atomic E-state index is 14.0. The Labute approximate surface area is 226 Å². The van der Waals surface area contributed by atoms with Crippen LogP contribution in [0.4, 0.5) is 5.69 Å². The fourth-order valence-electron chi connectivity index (χ4n) is 4.18. The van der Waals surface area contributed by atoms with Crippen molar-refractivity contribution in [3.63, 3.8) is 0 Å². The van der Waals surface area contributed by atoms with Crippen molar-refractivity contribution < 1.29 is 24.2 Å². The number of nitrogens with zero attached hydrogens (tertiary/aromatic N) is 2. The van der Waals surface area contributed by atoms with E-state index in [1.807, 2.05) is 31.3 Å². The highest BCUT2D eigenvalue weighted by molar-refractivity contribution is 7.17. The number of halogens is 1. The van der Waals surface area contributed by atoms with Crippen LogP contribution in [0.25, 0.3) is 10.6 Å². The Morgan fingerprint density at radius 3 is 2.68 bits per heavy atom. The Kier molecular flexibility index (Phi) is 7.80. The number of rotatable bonds is 8. The van der Waals surface area contributed by atoms with Gasteiger partial charge >= 0.3 is 5.97 Å². The van der Waals surface area contributed by atoms with Crippen molar-refractivity contribution in [2.24, 2.45) is 0 Å². The second kappa shape index (κ2) is 10.6. The average molecular weight is 559 g/mol. The van der Waals surface area contributed by atoms with E-state index in [1.165, 1.54) is 23.5 Å². The molecule has 7 nitrogen and oxygen atoms in total. The SMILES string of the molecule is CC(C)(CCCN(C(=O)c1cc2c(s1)-c1ncccc1OCC2)c1ccc(C(=O)O)cc1Cl)[Si](C)(C)O. The topological polar surface area (TPSA) is 100.0 Å². The number of anilines is 1. The number of hydrogen-bond donors (Lipinski definition) is 2. The van der Waals surface area contributed by atoms with Crippen molar-refractivity contribution in [1.82, 2.24) is 4.98 Å². The zero-order valence-electron chi connectivity index (χ0n) is 21.4. The molecular formula is C27H31ClN2O5SSi. The van der Waals surface area contributed by atoms with Crippen LogP contribution in [0.3, 0.4) is 0 Å². The van der Waals surface area contributed by atoms with E-state index in [-0.39, 0.29) is 21.5 Å². The summed E-state index contributed by atoms with van der Waals surface area (Å²) in [6, 6.07) is 10.0. The van der Waals surface area contributed by atoms with Gasteiger partial charge in [0.05, 0.1) is 32.6 Å². The lowest BCUT2D eigenvalue weighted by Gasteiger charge is -2.35. The molecule has 196 valence electrons. The molecule has 3 aromatic rings. The summed E-state index contributed by atoms with van der Waals surface area (Å²) in [5.74, 6) is -0.595. The number of carboxylic acids is 1. The molecule has 1 aromatic carbocycles. The molecule has 0 spiro atoms. The number of aromatic carboxylic acids is 1. The molecule has 10 heteroatoms. The van der Waals surface area contributed by atoms with Crippen molar-refractivity contribution in [3.05, 3.63) is 63.6 Å². The van der Waals surface area contributed by atoms with Crippen LogP contribution >= 0.6 is 22.9 Å². The Bertz CT molecular complexity index is 1330. The average Bonchev–Trinajstić information content (AvgIpc) is 3.17. The van der Waals surface area contributed by atoms with Crippen LogP contribution in [-0.4, -0.2) is 48.2 Å². The lowest BCUT2D eigenvalue weighted by atomic mass is 10.1. The Morgan fingerprint density at radius 1 is 1.24 bits per heavy atom. The van der Waals surface area contributed by atoms with E-state index in [0.717, 1.165) is 22.6 Å². The Morgan fingerprint density at radius 2 is 2.00 bits per heavy atom. The summed E-state index contributed by atoms with van der Waals surface area (Å²) in [7, 11) is -2.42. The molecule has 37 heavy (non-hydrogen) atoms. The molecule has 2 aromatic heterocycles. The Balaban J connectivity index is 1.69. The van der Waals surface area contributed by atoms with E-state index in [9.17, 15) is 19.5 Å². The number of pyridine rings is 1. The molecule has 0 unspecified atom stereocenters. The van der Waals surface area contributed by atoms with E-state index in [2.05, 4.69) is 18.8 Å². The van der Waals surface area contributed by atoms with Crippen LogP contribution in [0.5, 0.6) is 5.75 Å². The number of benzene rings is 1. The number of ether oxygens (including phenoxy) is 1. The largest absolute Gasteiger partial charge is 0.491 e. The van der Waals surface area contributed by atoms with Gasteiger partial charge in [0.25, 0.3) is 5.91 Å². The minimum absolute atomic E-state index is 0.0563. The number of amides is 1. The van der Waals surface area contributed by atoms with Crippen LogP contribution in [0.15, 0.2) is 42.6 Å². The van der Waals surface area contributed by atoms with Gasteiger partial charge in [-0.25, -0.2) is 4.79 Å². The van der Waals surface area contributed by atoms with Gasteiger partial charge in [-0.2, -0.15) is 0 Å². The van der Waals surface area contributed by atoms with Gasteiger partial charge in [0.2, 0.25) is 0 Å². The molecule has 2 N–H and O–H groups in total. The van der Waals surface area contributed by atoms with Crippen molar-refractivity contribution in [3.8, 4) is 16.3 Å². The number of hydrogen-bond acceptors (Lipinski definition) is 6. The van der Waals surface area contributed by atoms with E-state index < -0.39 is 14.3 Å². The molecule has 1 amide bonds. The van der Waals surface area contributed by atoms with Crippen molar-refractivity contribution >= 4 is 48.8 Å². The van der Waals surface area contributed by atoms with E-state index in [0.29, 0.717) is 42.3 Å².